The molecule has 16 heavy (non-hydrogen) atoms. The number of hydrogen-bond donors (Lipinski definition) is 0. The van der Waals surface area contributed by atoms with Gasteiger partial charge in [-0.1, -0.05) is 40.0 Å². The minimum atomic E-state index is 0.834. The lowest BCUT2D eigenvalue weighted by Crippen LogP contribution is -2.41. The van der Waals surface area contributed by atoms with E-state index in [4.69, 9.17) is 0 Å². The van der Waals surface area contributed by atoms with Gasteiger partial charge in [0.1, 0.15) is 0 Å². The number of unbranched alkanes of at least 4 members (excludes halogenated alkanes) is 1. The first-order chi connectivity index (χ1) is 7.70. The Morgan fingerprint density at radius 2 is 1.94 bits per heavy atom. The van der Waals surface area contributed by atoms with Crippen LogP contribution in [0.4, 0.5) is 0 Å². The molecule has 3 unspecified atom stereocenters. The van der Waals surface area contributed by atoms with Gasteiger partial charge in [-0.3, -0.25) is 4.90 Å². The number of nitrogens with zero attached hydrogens (tertiary/aromatic N) is 1. The van der Waals surface area contributed by atoms with Crippen molar-refractivity contribution >= 4 is 0 Å². The van der Waals surface area contributed by atoms with Crippen LogP contribution >= 0.6 is 0 Å². The summed E-state index contributed by atoms with van der Waals surface area (Å²) in [6.45, 7) is 10.9. The van der Waals surface area contributed by atoms with Gasteiger partial charge in [0.25, 0.3) is 0 Å². The van der Waals surface area contributed by atoms with E-state index >= 15 is 0 Å². The second-order valence-corrected chi connectivity index (χ2v) is 5.70. The predicted octanol–water partition coefficient (Wildman–Crippen LogP) is 4.47. The first-order valence-electron chi connectivity index (χ1n) is 7.46. The van der Waals surface area contributed by atoms with Crippen molar-refractivity contribution in [3.05, 3.63) is 0 Å². The highest BCUT2D eigenvalue weighted by Crippen LogP contribution is 2.28. The fourth-order valence-electron chi connectivity index (χ4n) is 3.29. The molecule has 3 atom stereocenters. The van der Waals surface area contributed by atoms with Crippen molar-refractivity contribution in [3.63, 3.8) is 0 Å². The predicted molar refractivity (Wildman–Crippen MR) is 72.8 cm³/mol. The summed E-state index contributed by atoms with van der Waals surface area (Å²) in [6.07, 6.45) is 9.75. The Bertz CT molecular complexity index is 178. The van der Waals surface area contributed by atoms with E-state index in [1.807, 2.05) is 0 Å². The highest BCUT2D eigenvalue weighted by Gasteiger charge is 2.30. The molecule has 0 radical (unpaired) electrons. The van der Waals surface area contributed by atoms with Gasteiger partial charge in [0, 0.05) is 12.1 Å². The molecule has 1 saturated heterocycles. The van der Waals surface area contributed by atoms with Gasteiger partial charge in [0.05, 0.1) is 0 Å². The average molecular weight is 225 g/mol. The summed E-state index contributed by atoms with van der Waals surface area (Å²) >= 11 is 0. The second-order valence-electron chi connectivity index (χ2n) is 5.70. The van der Waals surface area contributed by atoms with Gasteiger partial charge in [0.15, 0.2) is 0 Å². The Labute approximate surface area is 103 Å². The van der Waals surface area contributed by atoms with Crippen molar-refractivity contribution in [3.8, 4) is 0 Å². The van der Waals surface area contributed by atoms with Crippen molar-refractivity contribution < 1.29 is 0 Å². The Balaban J connectivity index is 2.54. The lowest BCUT2D eigenvalue weighted by Gasteiger charge is -2.36. The Kier molecular flexibility index (Phi) is 6.41. The molecule has 0 aromatic heterocycles. The van der Waals surface area contributed by atoms with Crippen LogP contribution in [0.15, 0.2) is 0 Å². The molecule has 96 valence electrons. The van der Waals surface area contributed by atoms with E-state index in [9.17, 15) is 0 Å². The maximum atomic E-state index is 2.80. The van der Waals surface area contributed by atoms with Crippen LogP contribution in [0, 0.1) is 5.92 Å². The van der Waals surface area contributed by atoms with Crippen LogP contribution in [0.5, 0.6) is 0 Å². The molecular weight excluding hydrogens is 194 g/mol. The van der Waals surface area contributed by atoms with Crippen LogP contribution in [0.25, 0.3) is 0 Å². The third kappa shape index (κ3) is 3.76. The van der Waals surface area contributed by atoms with Crippen LogP contribution in [0.3, 0.4) is 0 Å². The largest absolute Gasteiger partial charge is 0.297 e. The van der Waals surface area contributed by atoms with Crippen LogP contribution in [-0.2, 0) is 0 Å². The van der Waals surface area contributed by atoms with E-state index in [-0.39, 0.29) is 0 Å². The third-order valence-electron chi connectivity index (χ3n) is 4.28. The van der Waals surface area contributed by atoms with E-state index < -0.39 is 0 Å². The number of hydrogen-bond acceptors (Lipinski definition) is 1. The Morgan fingerprint density at radius 3 is 2.44 bits per heavy atom. The number of likely N-dealkylation sites (tertiary alicyclic amines) is 1. The topological polar surface area (TPSA) is 3.24 Å². The molecule has 0 bridgehead atoms. The van der Waals surface area contributed by atoms with E-state index in [1.165, 1.54) is 51.5 Å². The zero-order valence-electron chi connectivity index (χ0n) is 11.8. The highest BCUT2D eigenvalue weighted by molar-refractivity contribution is 4.85. The fraction of sp³-hybridized carbons (Fsp3) is 1.00. The Morgan fingerprint density at radius 1 is 1.19 bits per heavy atom. The molecular formula is C15H31N. The molecule has 0 aromatic rings. The minimum absolute atomic E-state index is 0.834. The molecule has 1 aliphatic rings. The molecule has 1 rings (SSSR count). The zero-order chi connectivity index (χ0) is 12.0. The van der Waals surface area contributed by atoms with E-state index in [0.29, 0.717) is 0 Å². The second kappa shape index (κ2) is 7.32. The maximum Gasteiger partial charge on any atom is 0.0124 e. The molecule has 1 heteroatoms. The third-order valence-corrected chi connectivity index (χ3v) is 4.28. The molecule has 1 fully saturated rings. The minimum Gasteiger partial charge on any atom is -0.297 e. The van der Waals surface area contributed by atoms with E-state index in [2.05, 4.69) is 32.6 Å². The lowest BCUT2D eigenvalue weighted by atomic mass is 9.91. The zero-order valence-corrected chi connectivity index (χ0v) is 11.8. The van der Waals surface area contributed by atoms with Gasteiger partial charge < -0.3 is 0 Å². The average Bonchev–Trinajstić information content (AvgIpc) is 2.66. The quantitative estimate of drug-likeness (QED) is 0.618. The summed E-state index contributed by atoms with van der Waals surface area (Å²) in [7, 11) is 0. The molecule has 0 aromatic carbocycles. The van der Waals surface area contributed by atoms with Crippen LogP contribution in [-0.4, -0.2) is 23.5 Å². The van der Waals surface area contributed by atoms with Crippen LogP contribution in [0.1, 0.15) is 72.6 Å². The van der Waals surface area contributed by atoms with E-state index in [0.717, 1.165) is 18.0 Å². The Hall–Kier alpha value is -0.0400. The first kappa shape index (κ1) is 14.0. The van der Waals surface area contributed by atoms with Crippen molar-refractivity contribution in [2.45, 2.75) is 84.7 Å². The van der Waals surface area contributed by atoms with Gasteiger partial charge in [-0.2, -0.15) is 0 Å². The molecule has 0 amide bonds. The van der Waals surface area contributed by atoms with Crippen molar-refractivity contribution in [2.24, 2.45) is 5.92 Å². The summed E-state index contributed by atoms with van der Waals surface area (Å²) in [5.41, 5.74) is 0. The summed E-state index contributed by atoms with van der Waals surface area (Å²) in [4.78, 5) is 2.80. The van der Waals surface area contributed by atoms with Gasteiger partial charge in [-0.15, -0.1) is 0 Å². The van der Waals surface area contributed by atoms with E-state index in [1.54, 1.807) is 0 Å². The van der Waals surface area contributed by atoms with Crippen LogP contribution in [0.2, 0.25) is 0 Å². The monoisotopic (exact) mass is 225 g/mol. The summed E-state index contributed by atoms with van der Waals surface area (Å²) in [6, 6.07) is 1.69. The first-order valence-corrected chi connectivity index (χ1v) is 7.46. The molecule has 1 aliphatic heterocycles. The van der Waals surface area contributed by atoms with Crippen molar-refractivity contribution in [1.29, 1.82) is 0 Å². The van der Waals surface area contributed by atoms with Gasteiger partial charge in [-0.05, 0) is 45.1 Å². The normalized spacial score (nSPS) is 25.9. The van der Waals surface area contributed by atoms with Gasteiger partial charge >= 0.3 is 0 Å². The molecule has 0 N–H and O–H groups in total. The van der Waals surface area contributed by atoms with Crippen molar-refractivity contribution in [2.75, 3.05) is 6.54 Å². The molecule has 0 aliphatic carbocycles. The van der Waals surface area contributed by atoms with Gasteiger partial charge in [-0.25, -0.2) is 0 Å². The maximum absolute atomic E-state index is 2.80. The fourth-order valence-corrected chi connectivity index (χ4v) is 3.29. The number of rotatable bonds is 7. The van der Waals surface area contributed by atoms with Gasteiger partial charge in [0.2, 0.25) is 0 Å². The summed E-state index contributed by atoms with van der Waals surface area (Å²) in [5, 5.41) is 0. The molecule has 0 spiro atoms. The molecule has 1 heterocycles. The highest BCUT2D eigenvalue weighted by atomic mass is 15.2. The standard InChI is InChI=1S/C15H31N/c1-5-7-11-15(13(3)9-6-2)16-12-8-10-14(16)4/h13-15H,5-12H2,1-4H3. The molecule has 1 nitrogen and oxygen atoms in total. The van der Waals surface area contributed by atoms with Crippen molar-refractivity contribution in [1.82, 2.24) is 4.90 Å². The summed E-state index contributed by atoms with van der Waals surface area (Å²) < 4.78 is 0. The smallest absolute Gasteiger partial charge is 0.0124 e. The lowest BCUT2D eigenvalue weighted by molar-refractivity contribution is 0.125. The SMILES string of the molecule is CCCCC(C(C)CCC)N1CCCC1C. The van der Waals surface area contributed by atoms with Crippen LogP contribution < -0.4 is 0 Å². The summed E-state index contributed by atoms with van der Waals surface area (Å²) in [5.74, 6) is 0.886. The molecule has 0 saturated carbocycles.